The molecule has 2 heterocycles. The second-order valence-corrected chi connectivity index (χ2v) is 8.10. The molecule has 4 rings (SSSR count). The van der Waals surface area contributed by atoms with Gasteiger partial charge in [-0.2, -0.15) is 0 Å². The smallest absolute Gasteiger partial charge is 0.326 e. The zero-order valence-electron chi connectivity index (χ0n) is 17.8. The van der Waals surface area contributed by atoms with Gasteiger partial charge >= 0.3 is 6.03 Å². The molecule has 162 valence electrons. The number of carbonyl (C=O) groups is 3. The van der Waals surface area contributed by atoms with Crippen molar-refractivity contribution in [1.82, 2.24) is 10.2 Å². The van der Waals surface area contributed by atoms with Crippen molar-refractivity contribution in [3.63, 3.8) is 0 Å². The molecule has 0 saturated carbocycles. The maximum Gasteiger partial charge on any atom is 0.326 e. The number of carbonyl (C=O) groups excluding carboxylic acids is 3. The SMILES string of the molecule is Cc1cccc(NC(=O)N2CCc3c(C(=O)NCCCN4CCCC4=O)cccc32)c1. The lowest BCUT2D eigenvalue weighted by atomic mass is 10.0. The first-order valence-electron chi connectivity index (χ1n) is 10.9. The van der Waals surface area contributed by atoms with E-state index < -0.39 is 0 Å². The van der Waals surface area contributed by atoms with E-state index in [-0.39, 0.29) is 17.8 Å². The zero-order chi connectivity index (χ0) is 21.8. The van der Waals surface area contributed by atoms with Crippen LogP contribution in [0.1, 0.15) is 40.7 Å². The summed E-state index contributed by atoms with van der Waals surface area (Å²) < 4.78 is 0. The molecule has 0 aromatic heterocycles. The van der Waals surface area contributed by atoms with Crippen LogP contribution < -0.4 is 15.5 Å². The number of amides is 4. The Morgan fingerprint density at radius 1 is 1.06 bits per heavy atom. The van der Waals surface area contributed by atoms with E-state index in [1.54, 1.807) is 11.0 Å². The van der Waals surface area contributed by atoms with Crippen molar-refractivity contribution >= 4 is 29.2 Å². The molecule has 0 bridgehead atoms. The van der Waals surface area contributed by atoms with Crippen LogP contribution in [0.25, 0.3) is 0 Å². The van der Waals surface area contributed by atoms with Gasteiger partial charge in [0.2, 0.25) is 5.91 Å². The van der Waals surface area contributed by atoms with Crippen LogP contribution in [0.5, 0.6) is 0 Å². The fraction of sp³-hybridized carbons (Fsp3) is 0.375. The molecule has 0 atom stereocenters. The highest BCUT2D eigenvalue weighted by Crippen LogP contribution is 2.31. The highest BCUT2D eigenvalue weighted by Gasteiger charge is 2.28. The third-order valence-electron chi connectivity index (χ3n) is 5.85. The van der Waals surface area contributed by atoms with Crippen molar-refractivity contribution in [2.75, 3.05) is 36.4 Å². The minimum atomic E-state index is -0.197. The largest absolute Gasteiger partial charge is 0.352 e. The summed E-state index contributed by atoms with van der Waals surface area (Å²) in [6, 6.07) is 13.0. The average Bonchev–Trinajstić information content (AvgIpc) is 3.37. The Bertz CT molecular complexity index is 1000. The molecule has 1 fully saturated rings. The number of rotatable bonds is 6. The number of benzene rings is 2. The molecule has 0 spiro atoms. The van der Waals surface area contributed by atoms with E-state index in [2.05, 4.69) is 10.6 Å². The summed E-state index contributed by atoms with van der Waals surface area (Å²) in [7, 11) is 0. The van der Waals surface area contributed by atoms with Gasteiger partial charge in [0.05, 0.1) is 0 Å². The van der Waals surface area contributed by atoms with Crippen LogP contribution in [0, 0.1) is 6.92 Å². The number of hydrogen-bond acceptors (Lipinski definition) is 3. The number of urea groups is 1. The third-order valence-corrected chi connectivity index (χ3v) is 5.85. The molecule has 7 heteroatoms. The second kappa shape index (κ2) is 9.20. The van der Waals surface area contributed by atoms with E-state index in [4.69, 9.17) is 0 Å². The van der Waals surface area contributed by atoms with Gasteiger partial charge in [0, 0.05) is 49.5 Å². The fourth-order valence-electron chi connectivity index (χ4n) is 4.28. The van der Waals surface area contributed by atoms with Gasteiger partial charge in [0.15, 0.2) is 0 Å². The maximum absolute atomic E-state index is 12.8. The average molecular weight is 421 g/mol. The first-order chi connectivity index (χ1) is 15.0. The Labute approximate surface area is 182 Å². The lowest BCUT2D eigenvalue weighted by Crippen LogP contribution is -2.33. The summed E-state index contributed by atoms with van der Waals surface area (Å²) in [4.78, 5) is 40.8. The predicted octanol–water partition coefficient (Wildman–Crippen LogP) is 3.33. The molecule has 2 aromatic carbocycles. The molecule has 7 nitrogen and oxygen atoms in total. The Balaban J connectivity index is 1.36. The summed E-state index contributed by atoms with van der Waals surface area (Å²) >= 11 is 0. The number of nitrogens with zero attached hydrogens (tertiary/aromatic N) is 2. The van der Waals surface area contributed by atoms with Crippen LogP contribution in [0.2, 0.25) is 0 Å². The van der Waals surface area contributed by atoms with Gasteiger partial charge in [0.25, 0.3) is 5.91 Å². The van der Waals surface area contributed by atoms with Gasteiger partial charge in [-0.1, -0.05) is 18.2 Å². The van der Waals surface area contributed by atoms with Gasteiger partial charge in [-0.3, -0.25) is 14.5 Å². The second-order valence-electron chi connectivity index (χ2n) is 8.10. The quantitative estimate of drug-likeness (QED) is 0.704. The minimum absolute atomic E-state index is 0.134. The predicted molar refractivity (Wildman–Crippen MR) is 120 cm³/mol. The van der Waals surface area contributed by atoms with E-state index in [0.717, 1.165) is 41.9 Å². The van der Waals surface area contributed by atoms with E-state index >= 15 is 0 Å². The van der Waals surface area contributed by atoms with Crippen molar-refractivity contribution in [3.8, 4) is 0 Å². The Kier molecular flexibility index (Phi) is 6.21. The molecule has 0 aliphatic carbocycles. The Morgan fingerprint density at radius 3 is 2.68 bits per heavy atom. The molecule has 0 unspecified atom stereocenters. The van der Waals surface area contributed by atoms with Gasteiger partial charge in [-0.15, -0.1) is 0 Å². The first kappa shape index (κ1) is 20.9. The monoisotopic (exact) mass is 420 g/mol. The number of hydrogen-bond donors (Lipinski definition) is 2. The lowest BCUT2D eigenvalue weighted by molar-refractivity contribution is -0.127. The van der Waals surface area contributed by atoms with Crippen molar-refractivity contribution in [3.05, 3.63) is 59.2 Å². The van der Waals surface area contributed by atoms with Crippen LogP contribution in [0.4, 0.5) is 16.2 Å². The topological polar surface area (TPSA) is 81.8 Å². The molecule has 2 aromatic rings. The lowest BCUT2D eigenvalue weighted by Gasteiger charge is -2.19. The summed E-state index contributed by atoms with van der Waals surface area (Å²) in [6.45, 7) is 4.53. The van der Waals surface area contributed by atoms with Gasteiger partial charge in [-0.25, -0.2) is 4.79 Å². The molecular weight excluding hydrogens is 392 g/mol. The molecule has 2 N–H and O–H groups in total. The number of nitrogens with one attached hydrogen (secondary N) is 2. The number of anilines is 2. The molecular formula is C24H28N4O3. The standard InChI is InChI=1S/C24H28N4O3/c1-17-6-2-7-18(16-17)26-24(31)28-15-11-19-20(8-3-9-21(19)28)23(30)25-12-5-14-27-13-4-10-22(27)29/h2-3,6-9,16H,4-5,10-15H2,1H3,(H,25,30)(H,26,31). The third kappa shape index (κ3) is 4.71. The Hall–Kier alpha value is -3.35. The first-order valence-corrected chi connectivity index (χ1v) is 10.9. The highest BCUT2D eigenvalue weighted by atomic mass is 16.2. The van der Waals surface area contributed by atoms with Gasteiger partial charge in [0.1, 0.15) is 0 Å². The van der Waals surface area contributed by atoms with Crippen LogP contribution in [-0.2, 0) is 11.2 Å². The summed E-state index contributed by atoms with van der Waals surface area (Å²) in [5, 5.41) is 5.90. The molecule has 4 amide bonds. The van der Waals surface area contributed by atoms with E-state index in [1.807, 2.05) is 48.2 Å². The highest BCUT2D eigenvalue weighted by molar-refractivity contribution is 6.05. The van der Waals surface area contributed by atoms with E-state index in [1.165, 1.54) is 0 Å². The number of aryl methyl sites for hydroxylation is 1. The van der Waals surface area contributed by atoms with Crippen LogP contribution in [0.15, 0.2) is 42.5 Å². The molecule has 1 saturated heterocycles. The minimum Gasteiger partial charge on any atom is -0.352 e. The van der Waals surface area contributed by atoms with Crippen molar-refractivity contribution in [2.45, 2.75) is 32.6 Å². The molecule has 0 radical (unpaired) electrons. The summed E-state index contributed by atoms with van der Waals surface area (Å²) in [5.74, 6) is 0.0711. The normalized spacial score (nSPS) is 15.2. The number of likely N-dealkylation sites (tertiary alicyclic amines) is 1. The van der Waals surface area contributed by atoms with Gasteiger partial charge in [-0.05, 0) is 61.6 Å². The van der Waals surface area contributed by atoms with Crippen LogP contribution in [0.3, 0.4) is 0 Å². The maximum atomic E-state index is 12.8. The van der Waals surface area contributed by atoms with Crippen molar-refractivity contribution in [1.29, 1.82) is 0 Å². The van der Waals surface area contributed by atoms with Crippen molar-refractivity contribution < 1.29 is 14.4 Å². The number of fused-ring (bicyclic) bond motifs is 1. The van der Waals surface area contributed by atoms with E-state index in [0.29, 0.717) is 38.0 Å². The zero-order valence-corrected chi connectivity index (χ0v) is 17.8. The molecule has 31 heavy (non-hydrogen) atoms. The van der Waals surface area contributed by atoms with Crippen molar-refractivity contribution in [2.24, 2.45) is 0 Å². The Morgan fingerprint density at radius 2 is 1.90 bits per heavy atom. The van der Waals surface area contributed by atoms with Gasteiger partial charge < -0.3 is 15.5 Å². The van der Waals surface area contributed by atoms with Crippen LogP contribution >= 0.6 is 0 Å². The van der Waals surface area contributed by atoms with Crippen LogP contribution in [-0.4, -0.2) is 48.9 Å². The molecule has 2 aliphatic rings. The summed E-state index contributed by atoms with van der Waals surface area (Å²) in [6.07, 6.45) is 2.94. The fourth-order valence-corrected chi connectivity index (χ4v) is 4.28. The summed E-state index contributed by atoms with van der Waals surface area (Å²) in [5.41, 5.74) is 4.12. The molecule has 2 aliphatic heterocycles. The van der Waals surface area contributed by atoms with E-state index in [9.17, 15) is 14.4 Å².